The zero-order valence-electron chi connectivity index (χ0n) is 9.51. The van der Waals surface area contributed by atoms with Gasteiger partial charge >= 0.3 is 0 Å². The predicted octanol–water partition coefficient (Wildman–Crippen LogP) is -0.386. The second kappa shape index (κ2) is 8.23. The number of rotatable bonds is 7. The van der Waals surface area contributed by atoms with Crippen molar-refractivity contribution in [2.24, 2.45) is 11.7 Å². The number of hydrogen-bond donors (Lipinski definition) is 3. The van der Waals surface area contributed by atoms with Crippen LogP contribution in [0.5, 0.6) is 0 Å². The van der Waals surface area contributed by atoms with Crippen LogP contribution in [0.15, 0.2) is 0 Å². The third-order valence-corrected chi connectivity index (χ3v) is 2.09. The van der Waals surface area contributed by atoms with Crippen LogP contribution in [0.2, 0.25) is 0 Å². The molecule has 0 spiro atoms. The molecule has 0 aromatic carbocycles. The van der Waals surface area contributed by atoms with Gasteiger partial charge in [0.2, 0.25) is 11.8 Å². The van der Waals surface area contributed by atoms with E-state index in [2.05, 4.69) is 10.6 Å². The van der Waals surface area contributed by atoms with E-state index >= 15 is 0 Å². The fourth-order valence-electron chi connectivity index (χ4n) is 1.16. The second-order valence-corrected chi connectivity index (χ2v) is 3.50. The van der Waals surface area contributed by atoms with Crippen molar-refractivity contribution in [3.8, 4) is 0 Å². The summed E-state index contributed by atoms with van der Waals surface area (Å²) in [6, 6.07) is 0. The SMILES string of the molecule is CCNC(=O)CNC(=O)C(C)CCCN. The molecule has 15 heavy (non-hydrogen) atoms. The normalized spacial score (nSPS) is 11.9. The van der Waals surface area contributed by atoms with E-state index in [1.54, 1.807) is 0 Å². The number of nitrogens with two attached hydrogens (primary N) is 1. The van der Waals surface area contributed by atoms with Gasteiger partial charge < -0.3 is 16.4 Å². The zero-order valence-corrected chi connectivity index (χ0v) is 9.51. The Hall–Kier alpha value is -1.10. The summed E-state index contributed by atoms with van der Waals surface area (Å²) < 4.78 is 0. The number of hydrogen-bond acceptors (Lipinski definition) is 3. The van der Waals surface area contributed by atoms with Gasteiger partial charge in [-0.05, 0) is 26.3 Å². The zero-order chi connectivity index (χ0) is 11.7. The summed E-state index contributed by atoms with van der Waals surface area (Å²) in [6.45, 7) is 4.90. The Labute approximate surface area is 90.8 Å². The molecule has 0 fully saturated rings. The fraction of sp³-hybridized carbons (Fsp3) is 0.800. The molecule has 5 heteroatoms. The van der Waals surface area contributed by atoms with Gasteiger partial charge in [-0.25, -0.2) is 0 Å². The highest BCUT2D eigenvalue weighted by atomic mass is 16.2. The van der Waals surface area contributed by atoms with E-state index in [4.69, 9.17) is 5.73 Å². The minimum Gasteiger partial charge on any atom is -0.355 e. The first-order valence-corrected chi connectivity index (χ1v) is 5.36. The van der Waals surface area contributed by atoms with Crippen LogP contribution >= 0.6 is 0 Å². The van der Waals surface area contributed by atoms with E-state index in [-0.39, 0.29) is 24.3 Å². The molecule has 0 bridgehead atoms. The van der Waals surface area contributed by atoms with Gasteiger partial charge in [-0.1, -0.05) is 6.92 Å². The highest BCUT2D eigenvalue weighted by molar-refractivity contribution is 5.85. The Balaban J connectivity index is 3.68. The Kier molecular flexibility index (Phi) is 7.62. The van der Waals surface area contributed by atoms with Crippen LogP contribution in [-0.4, -0.2) is 31.4 Å². The van der Waals surface area contributed by atoms with Crippen LogP contribution in [0, 0.1) is 5.92 Å². The number of nitrogens with one attached hydrogen (secondary N) is 2. The molecule has 4 N–H and O–H groups in total. The van der Waals surface area contributed by atoms with E-state index in [1.165, 1.54) is 0 Å². The average Bonchev–Trinajstić information content (AvgIpc) is 2.22. The summed E-state index contributed by atoms with van der Waals surface area (Å²) >= 11 is 0. The summed E-state index contributed by atoms with van der Waals surface area (Å²) in [5.74, 6) is -0.324. The minimum atomic E-state index is -0.156. The van der Waals surface area contributed by atoms with Crippen LogP contribution in [0.1, 0.15) is 26.7 Å². The first-order valence-electron chi connectivity index (χ1n) is 5.36. The second-order valence-electron chi connectivity index (χ2n) is 3.50. The molecule has 0 saturated heterocycles. The quantitative estimate of drug-likeness (QED) is 0.541. The summed E-state index contributed by atoms with van der Waals surface area (Å²) in [4.78, 5) is 22.5. The van der Waals surface area contributed by atoms with Crippen LogP contribution in [-0.2, 0) is 9.59 Å². The number of likely N-dealkylation sites (N-methyl/N-ethyl adjacent to an activating group) is 1. The fourth-order valence-corrected chi connectivity index (χ4v) is 1.16. The summed E-state index contributed by atoms with van der Waals surface area (Å²) in [6.07, 6.45) is 1.59. The standard InChI is InChI=1S/C10H21N3O2/c1-3-12-9(14)7-13-10(15)8(2)5-4-6-11/h8H,3-7,11H2,1-2H3,(H,12,14)(H,13,15). The van der Waals surface area contributed by atoms with Gasteiger partial charge in [0.05, 0.1) is 6.54 Å². The van der Waals surface area contributed by atoms with Crippen molar-refractivity contribution in [3.05, 3.63) is 0 Å². The maximum Gasteiger partial charge on any atom is 0.239 e. The number of amides is 2. The van der Waals surface area contributed by atoms with Crippen molar-refractivity contribution < 1.29 is 9.59 Å². The van der Waals surface area contributed by atoms with Gasteiger partial charge in [0.1, 0.15) is 0 Å². The van der Waals surface area contributed by atoms with Crippen LogP contribution in [0.25, 0.3) is 0 Å². The molecule has 2 amide bonds. The molecule has 0 aliphatic rings. The van der Waals surface area contributed by atoms with E-state index in [0.29, 0.717) is 13.1 Å². The molecule has 1 unspecified atom stereocenters. The molecule has 88 valence electrons. The van der Waals surface area contributed by atoms with E-state index in [9.17, 15) is 9.59 Å². The van der Waals surface area contributed by atoms with Crippen LogP contribution in [0.3, 0.4) is 0 Å². The lowest BCUT2D eigenvalue weighted by Gasteiger charge is -2.11. The predicted molar refractivity (Wildman–Crippen MR) is 59.1 cm³/mol. The van der Waals surface area contributed by atoms with Crippen molar-refractivity contribution in [1.82, 2.24) is 10.6 Å². The van der Waals surface area contributed by atoms with Crippen molar-refractivity contribution in [3.63, 3.8) is 0 Å². The van der Waals surface area contributed by atoms with Crippen molar-refractivity contribution in [2.75, 3.05) is 19.6 Å². The van der Waals surface area contributed by atoms with E-state index < -0.39 is 0 Å². The maximum absolute atomic E-state index is 11.4. The van der Waals surface area contributed by atoms with Gasteiger partial charge in [-0.3, -0.25) is 9.59 Å². The molecule has 0 aliphatic carbocycles. The molecular formula is C10H21N3O2. The third kappa shape index (κ3) is 6.90. The molecule has 0 aromatic rings. The van der Waals surface area contributed by atoms with Crippen molar-refractivity contribution in [2.45, 2.75) is 26.7 Å². The Morgan fingerprint density at radius 1 is 1.33 bits per heavy atom. The topological polar surface area (TPSA) is 84.2 Å². The summed E-state index contributed by atoms with van der Waals surface area (Å²) in [5, 5.41) is 5.19. The van der Waals surface area contributed by atoms with Gasteiger partial charge in [-0.15, -0.1) is 0 Å². The Bertz CT molecular complexity index is 207. The largest absolute Gasteiger partial charge is 0.355 e. The molecular weight excluding hydrogens is 194 g/mol. The minimum absolute atomic E-state index is 0.0552. The Morgan fingerprint density at radius 3 is 2.53 bits per heavy atom. The van der Waals surface area contributed by atoms with Gasteiger partial charge in [0.15, 0.2) is 0 Å². The third-order valence-electron chi connectivity index (χ3n) is 2.09. The van der Waals surface area contributed by atoms with Crippen LogP contribution in [0.4, 0.5) is 0 Å². The highest BCUT2D eigenvalue weighted by Gasteiger charge is 2.12. The smallest absolute Gasteiger partial charge is 0.239 e. The average molecular weight is 215 g/mol. The molecule has 0 radical (unpaired) electrons. The number of carbonyl (C=O) groups excluding carboxylic acids is 2. The van der Waals surface area contributed by atoms with Gasteiger partial charge in [0, 0.05) is 12.5 Å². The summed E-state index contributed by atoms with van der Waals surface area (Å²) in [7, 11) is 0. The lowest BCUT2D eigenvalue weighted by atomic mass is 10.1. The molecule has 0 aliphatic heterocycles. The highest BCUT2D eigenvalue weighted by Crippen LogP contribution is 2.03. The van der Waals surface area contributed by atoms with Gasteiger partial charge in [0.25, 0.3) is 0 Å². The number of carbonyl (C=O) groups is 2. The molecule has 0 rings (SSSR count). The lowest BCUT2D eigenvalue weighted by molar-refractivity contribution is -0.128. The summed E-state index contributed by atoms with van der Waals surface area (Å²) in [5.41, 5.74) is 5.34. The van der Waals surface area contributed by atoms with E-state index in [0.717, 1.165) is 12.8 Å². The molecule has 0 aromatic heterocycles. The van der Waals surface area contributed by atoms with Gasteiger partial charge in [-0.2, -0.15) is 0 Å². The first-order chi connectivity index (χ1) is 7.11. The molecule has 1 atom stereocenters. The molecule has 0 heterocycles. The van der Waals surface area contributed by atoms with E-state index in [1.807, 2.05) is 13.8 Å². The van der Waals surface area contributed by atoms with Crippen molar-refractivity contribution >= 4 is 11.8 Å². The Morgan fingerprint density at radius 2 is 2.00 bits per heavy atom. The van der Waals surface area contributed by atoms with Crippen molar-refractivity contribution in [1.29, 1.82) is 0 Å². The lowest BCUT2D eigenvalue weighted by Crippen LogP contribution is -2.39. The van der Waals surface area contributed by atoms with Crippen LogP contribution < -0.4 is 16.4 Å². The first kappa shape index (κ1) is 13.9. The maximum atomic E-state index is 11.4. The monoisotopic (exact) mass is 215 g/mol. The molecule has 0 saturated carbocycles. The molecule has 5 nitrogen and oxygen atoms in total.